The van der Waals surface area contributed by atoms with E-state index >= 15 is 0 Å². The maximum Gasteiger partial charge on any atom is 0.0953 e. The van der Waals surface area contributed by atoms with E-state index in [0.29, 0.717) is 11.8 Å². The summed E-state index contributed by atoms with van der Waals surface area (Å²) in [6.45, 7) is 11.2. The molecule has 0 fully saturated rings. The minimum atomic E-state index is 0.620. The van der Waals surface area contributed by atoms with E-state index in [-0.39, 0.29) is 0 Å². The summed E-state index contributed by atoms with van der Waals surface area (Å²) in [5.41, 5.74) is 9.31. The van der Waals surface area contributed by atoms with Crippen molar-refractivity contribution < 1.29 is 0 Å². The van der Waals surface area contributed by atoms with Crippen molar-refractivity contribution in [2.75, 3.05) is 23.0 Å². The third kappa shape index (κ3) is 3.12. The molecule has 2 aromatic heterocycles. The Morgan fingerprint density at radius 2 is 1.36 bits per heavy atom. The summed E-state index contributed by atoms with van der Waals surface area (Å²) in [5, 5.41) is 5.46. The van der Waals surface area contributed by atoms with Crippen LogP contribution >= 0.6 is 0 Å². The second-order valence-corrected chi connectivity index (χ2v) is 11.4. The fourth-order valence-electron chi connectivity index (χ4n) is 6.41. The Balaban J connectivity index is 1.46. The fourth-order valence-corrected chi connectivity index (χ4v) is 6.41. The van der Waals surface area contributed by atoms with Crippen molar-refractivity contribution in [1.82, 2.24) is 4.40 Å². The molecule has 1 aliphatic heterocycles. The molecule has 1 aliphatic rings. The molecule has 0 amide bonds. The van der Waals surface area contributed by atoms with Crippen LogP contribution in [0, 0.1) is 11.8 Å². The number of rotatable bonds is 5. The van der Waals surface area contributed by atoms with E-state index in [9.17, 15) is 0 Å². The third-order valence-corrected chi connectivity index (χ3v) is 7.71. The van der Waals surface area contributed by atoms with Crippen molar-refractivity contribution in [1.29, 1.82) is 0 Å². The molecule has 3 heterocycles. The molecule has 7 rings (SSSR count). The molecule has 0 radical (unpaired) electrons. The first-order valence-corrected chi connectivity index (χ1v) is 13.3. The number of fused-ring (bicyclic) bond motifs is 7. The highest BCUT2D eigenvalue weighted by Gasteiger charge is 2.28. The van der Waals surface area contributed by atoms with E-state index in [0.717, 1.165) is 19.6 Å². The van der Waals surface area contributed by atoms with Crippen molar-refractivity contribution in [3.05, 3.63) is 84.4 Å². The first-order valence-electron chi connectivity index (χ1n) is 13.3. The molecule has 0 atom stereocenters. The Kier molecular flexibility index (Phi) is 4.73. The Morgan fingerprint density at radius 3 is 2.14 bits per heavy atom. The molecule has 0 bridgehead atoms. The van der Waals surface area contributed by atoms with Gasteiger partial charge in [-0.2, -0.15) is 0 Å². The van der Waals surface area contributed by atoms with E-state index in [4.69, 9.17) is 0 Å². The average Bonchev–Trinajstić information content (AvgIpc) is 3.50. The lowest BCUT2D eigenvalue weighted by molar-refractivity contribution is 0.622. The molecule has 36 heavy (non-hydrogen) atoms. The van der Waals surface area contributed by atoms with Gasteiger partial charge in [0.25, 0.3) is 0 Å². The van der Waals surface area contributed by atoms with Gasteiger partial charge in [0.2, 0.25) is 0 Å². The zero-order chi connectivity index (χ0) is 24.6. The van der Waals surface area contributed by atoms with E-state index in [2.05, 4.69) is 121 Å². The van der Waals surface area contributed by atoms with E-state index in [1.807, 2.05) is 0 Å². The largest absolute Gasteiger partial charge is 0.352 e. The minimum absolute atomic E-state index is 0.620. The highest BCUT2D eigenvalue weighted by Crippen LogP contribution is 2.44. The normalized spacial score (nSPS) is 14.1. The predicted octanol–water partition coefficient (Wildman–Crippen LogP) is 8.61. The molecule has 0 N–H and O–H groups in total. The molecular formula is C33H33N3. The van der Waals surface area contributed by atoms with Crippen LogP contribution in [0.15, 0.2) is 78.9 Å². The molecule has 3 heteroatoms. The minimum Gasteiger partial charge on any atom is -0.352 e. The van der Waals surface area contributed by atoms with Crippen molar-refractivity contribution in [3.63, 3.8) is 0 Å². The Bertz CT molecular complexity index is 1740. The number of para-hydroxylation sites is 3. The van der Waals surface area contributed by atoms with Gasteiger partial charge in [0, 0.05) is 33.8 Å². The summed E-state index contributed by atoms with van der Waals surface area (Å²) in [4.78, 5) is 5.00. The van der Waals surface area contributed by atoms with Crippen molar-refractivity contribution in [2.45, 2.75) is 34.1 Å². The van der Waals surface area contributed by atoms with Crippen molar-refractivity contribution in [2.24, 2.45) is 11.8 Å². The molecule has 3 nitrogen and oxygen atoms in total. The fraction of sp³-hybridized carbons (Fsp3) is 0.273. The molecular weight excluding hydrogens is 438 g/mol. The van der Waals surface area contributed by atoms with E-state index < -0.39 is 0 Å². The number of aromatic nitrogens is 1. The molecule has 180 valence electrons. The second kappa shape index (κ2) is 7.89. The molecule has 0 unspecified atom stereocenters. The van der Waals surface area contributed by atoms with Gasteiger partial charge in [-0.25, -0.2) is 0 Å². The molecule has 0 saturated heterocycles. The van der Waals surface area contributed by atoms with Crippen LogP contribution < -0.4 is 9.80 Å². The van der Waals surface area contributed by atoms with Crippen LogP contribution in [-0.2, 0) is 6.42 Å². The summed E-state index contributed by atoms with van der Waals surface area (Å²) in [5.74, 6) is 1.25. The van der Waals surface area contributed by atoms with Gasteiger partial charge in [0.05, 0.1) is 34.6 Å². The molecule has 6 aromatic rings. The van der Waals surface area contributed by atoms with Gasteiger partial charge in [0.15, 0.2) is 0 Å². The summed E-state index contributed by atoms with van der Waals surface area (Å²) < 4.78 is 2.49. The van der Waals surface area contributed by atoms with Gasteiger partial charge >= 0.3 is 0 Å². The summed E-state index contributed by atoms with van der Waals surface area (Å²) in [7, 11) is 0. The van der Waals surface area contributed by atoms with Crippen LogP contribution in [0.3, 0.4) is 0 Å². The lowest BCUT2D eigenvalue weighted by atomic mass is 9.98. The van der Waals surface area contributed by atoms with Crippen molar-refractivity contribution in [3.8, 4) is 0 Å². The topological polar surface area (TPSA) is 10.9 Å². The number of benzene rings is 4. The van der Waals surface area contributed by atoms with E-state index in [1.54, 1.807) is 0 Å². The summed E-state index contributed by atoms with van der Waals surface area (Å²) >= 11 is 0. The quantitative estimate of drug-likeness (QED) is 0.249. The number of hydrogen-bond acceptors (Lipinski definition) is 2. The Hall–Kier alpha value is -3.72. The Labute approximate surface area is 212 Å². The molecule has 0 aliphatic carbocycles. The predicted molar refractivity (Wildman–Crippen MR) is 155 cm³/mol. The third-order valence-electron chi connectivity index (χ3n) is 7.71. The molecule has 0 spiro atoms. The van der Waals surface area contributed by atoms with Crippen LogP contribution in [-0.4, -0.2) is 17.6 Å². The van der Waals surface area contributed by atoms with Gasteiger partial charge < -0.3 is 14.2 Å². The number of nitrogens with zero attached hydrogens (tertiary/aromatic N) is 3. The first-order chi connectivity index (χ1) is 17.5. The highest BCUT2D eigenvalue weighted by molar-refractivity contribution is 6.23. The smallest absolute Gasteiger partial charge is 0.0953 e. The zero-order valence-electron chi connectivity index (χ0n) is 21.6. The van der Waals surface area contributed by atoms with Crippen molar-refractivity contribution >= 4 is 55.2 Å². The standard InChI is InChI=1S/C33H33N3/c1-21(2)15-23-16-27-25-9-5-6-10-29(25)36-30-14-13-24(18-26(30)28(17-23)33(27)36)35-20-34(19-22(3)4)31-11-7-8-12-32(31)35/h5-14,16-18,21-22H,15,19-20H2,1-4H3. The van der Waals surface area contributed by atoms with Crippen LogP contribution in [0.4, 0.5) is 17.1 Å². The average molecular weight is 472 g/mol. The van der Waals surface area contributed by atoms with Crippen LogP contribution in [0.1, 0.15) is 33.3 Å². The monoisotopic (exact) mass is 471 g/mol. The summed E-state index contributed by atoms with van der Waals surface area (Å²) in [6.07, 6.45) is 1.10. The molecule has 4 aromatic carbocycles. The zero-order valence-corrected chi connectivity index (χ0v) is 21.6. The lowest BCUT2D eigenvalue weighted by Gasteiger charge is -2.23. The lowest BCUT2D eigenvalue weighted by Crippen LogP contribution is -2.30. The van der Waals surface area contributed by atoms with Gasteiger partial charge in [0.1, 0.15) is 0 Å². The number of hydrogen-bond donors (Lipinski definition) is 0. The van der Waals surface area contributed by atoms with E-state index in [1.165, 1.54) is 60.7 Å². The van der Waals surface area contributed by atoms with Crippen LogP contribution in [0.5, 0.6) is 0 Å². The van der Waals surface area contributed by atoms with Gasteiger partial charge in [-0.1, -0.05) is 58.0 Å². The summed E-state index contributed by atoms with van der Waals surface area (Å²) in [6, 6.07) is 29.7. The van der Waals surface area contributed by atoms with Gasteiger partial charge in [-0.05, 0) is 72.4 Å². The van der Waals surface area contributed by atoms with Crippen LogP contribution in [0.2, 0.25) is 0 Å². The maximum atomic E-state index is 2.52. The molecule has 0 saturated carbocycles. The second-order valence-electron chi connectivity index (χ2n) is 11.4. The maximum absolute atomic E-state index is 2.52. The Morgan fingerprint density at radius 1 is 0.667 bits per heavy atom. The highest BCUT2D eigenvalue weighted by atomic mass is 15.4. The SMILES string of the molecule is CC(C)Cc1cc2c3ccccc3n3c4ccc(N5CN(CC(C)C)c6ccccc65)cc4c(c1)c23. The van der Waals surface area contributed by atoms with Gasteiger partial charge in [-0.15, -0.1) is 0 Å². The number of anilines is 3. The van der Waals surface area contributed by atoms with Gasteiger partial charge in [-0.3, -0.25) is 0 Å². The van der Waals surface area contributed by atoms with Crippen LogP contribution in [0.25, 0.3) is 38.1 Å². The first kappa shape index (κ1) is 21.6.